The van der Waals surface area contributed by atoms with Crippen LogP contribution in [0.1, 0.15) is 31.2 Å². The molecule has 0 aliphatic carbocycles. The summed E-state index contributed by atoms with van der Waals surface area (Å²) in [6.07, 6.45) is -5.18. The third-order valence-corrected chi connectivity index (χ3v) is 3.00. The molecule has 1 aromatic heterocycles. The second-order valence-electron chi connectivity index (χ2n) is 4.23. The second-order valence-corrected chi connectivity index (χ2v) is 4.23. The Labute approximate surface area is 103 Å². The summed E-state index contributed by atoms with van der Waals surface area (Å²) in [6, 6.07) is 5.69. The maximum absolute atomic E-state index is 13.0. The number of para-hydroxylation sites is 1. The lowest BCUT2D eigenvalue weighted by molar-refractivity contribution is -0.136. The number of nitrogens with zero attached hydrogens (tertiary/aromatic N) is 1. The van der Waals surface area contributed by atoms with E-state index in [1.54, 1.807) is 26.0 Å². The van der Waals surface area contributed by atoms with Crippen LogP contribution in [0.25, 0.3) is 10.9 Å². The third-order valence-electron chi connectivity index (χ3n) is 3.00. The molecule has 0 aliphatic heterocycles. The van der Waals surface area contributed by atoms with Gasteiger partial charge < -0.3 is 9.67 Å². The Balaban J connectivity index is 2.83. The lowest BCUT2D eigenvalue weighted by Gasteiger charge is -2.14. The third kappa shape index (κ3) is 1.99. The van der Waals surface area contributed by atoms with Gasteiger partial charge in [0.1, 0.15) is 0 Å². The number of rotatable bonds is 2. The molecule has 0 amide bonds. The van der Waals surface area contributed by atoms with E-state index in [9.17, 15) is 18.3 Å². The van der Waals surface area contributed by atoms with E-state index >= 15 is 0 Å². The van der Waals surface area contributed by atoms with Crippen molar-refractivity contribution in [2.45, 2.75) is 32.7 Å². The van der Waals surface area contributed by atoms with Gasteiger partial charge in [0.15, 0.2) is 0 Å². The number of aryl methyl sites for hydroxylation is 1. The zero-order valence-electron chi connectivity index (χ0n) is 10.1. The first-order chi connectivity index (χ1) is 8.36. The average Bonchev–Trinajstić information content (AvgIpc) is 2.65. The Morgan fingerprint density at radius 3 is 2.50 bits per heavy atom. The highest BCUT2D eigenvalue weighted by Gasteiger charge is 2.34. The molecule has 1 atom stereocenters. The summed E-state index contributed by atoms with van der Waals surface area (Å²) in [7, 11) is 0. The molecule has 1 unspecified atom stereocenters. The van der Waals surface area contributed by atoms with Crippen LogP contribution in [-0.4, -0.2) is 9.67 Å². The van der Waals surface area contributed by atoms with Gasteiger partial charge in [0.05, 0.1) is 17.2 Å². The highest BCUT2D eigenvalue weighted by Crippen LogP contribution is 2.37. The van der Waals surface area contributed by atoms with Gasteiger partial charge in [-0.1, -0.05) is 12.1 Å². The number of aliphatic hydroxyl groups excluding tert-OH is 1. The van der Waals surface area contributed by atoms with Gasteiger partial charge in [0, 0.05) is 17.6 Å². The molecule has 1 aromatic carbocycles. The van der Waals surface area contributed by atoms with Crippen LogP contribution < -0.4 is 0 Å². The molecule has 0 saturated carbocycles. The summed E-state index contributed by atoms with van der Waals surface area (Å²) >= 11 is 0. The number of halogens is 3. The summed E-state index contributed by atoms with van der Waals surface area (Å²) < 4.78 is 40.4. The molecular formula is C13H14F3NO. The smallest absolute Gasteiger partial charge is 0.387 e. The standard InChI is InChI=1S/C13H14F3NO/c1-3-17-11(8(2)18)7-9-5-4-6-10(12(9)17)13(14,15)16/h4-8,18H,3H2,1-2H3. The molecule has 2 rings (SSSR count). The second kappa shape index (κ2) is 4.31. The predicted molar refractivity (Wildman–Crippen MR) is 63.2 cm³/mol. The molecular weight excluding hydrogens is 243 g/mol. The van der Waals surface area contributed by atoms with Crippen LogP contribution in [0.5, 0.6) is 0 Å². The number of alkyl halides is 3. The topological polar surface area (TPSA) is 25.2 Å². The molecule has 0 saturated heterocycles. The molecule has 0 fully saturated rings. The lowest BCUT2D eigenvalue weighted by atomic mass is 10.1. The molecule has 0 bridgehead atoms. The molecule has 18 heavy (non-hydrogen) atoms. The minimum absolute atomic E-state index is 0.142. The van der Waals surface area contributed by atoms with Gasteiger partial charge in [-0.3, -0.25) is 0 Å². The van der Waals surface area contributed by atoms with Crippen LogP contribution in [-0.2, 0) is 12.7 Å². The largest absolute Gasteiger partial charge is 0.418 e. The predicted octanol–water partition coefficient (Wildman–Crippen LogP) is 3.73. The molecule has 1 heterocycles. The Morgan fingerprint density at radius 2 is 2.00 bits per heavy atom. The van der Waals surface area contributed by atoms with E-state index in [0.29, 0.717) is 17.6 Å². The van der Waals surface area contributed by atoms with Crippen LogP contribution in [0, 0.1) is 0 Å². The van der Waals surface area contributed by atoms with E-state index in [1.807, 2.05) is 0 Å². The summed E-state index contributed by atoms with van der Waals surface area (Å²) in [5, 5.41) is 10.1. The molecule has 0 spiro atoms. The maximum Gasteiger partial charge on any atom is 0.418 e. The minimum Gasteiger partial charge on any atom is -0.387 e. The monoisotopic (exact) mass is 257 g/mol. The normalized spacial score (nSPS) is 14.1. The van der Waals surface area contributed by atoms with Crippen LogP contribution in [0.4, 0.5) is 13.2 Å². The van der Waals surface area contributed by atoms with Crippen molar-refractivity contribution in [3.63, 3.8) is 0 Å². The van der Waals surface area contributed by atoms with Gasteiger partial charge in [-0.2, -0.15) is 13.2 Å². The van der Waals surface area contributed by atoms with E-state index < -0.39 is 17.8 Å². The SMILES string of the molecule is CCn1c(C(C)O)cc2cccc(C(F)(F)F)c21. The highest BCUT2D eigenvalue weighted by molar-refractivity contribution is 5.85. The first-order valence-corrected chi connectivity index (χ1v) is 5.73. The van der Waals surface area contributed by atoms with Gasteiger partial charge in [-0.25, -0.2) is 0 Å². The number of benzene rings is 1. The molecule has 98 valence electrons. The molecule has 5 heteroatoms. The van der Waals surface area contributed by atoms with Gasteiger partial charge in [0.2, 0.25) is 0 Å². The fourth-order valence-electron chi connectivity index (χ4n) is 2.26. The summed E-state index contributed by atoms with van der Waals surface area (Å²) in [6.45, 7) is 3.70. The zero-order valence-corrected chi connectivity index (χ0v) is 10.1. The van der Waals surface area contributed by atoms with E-state index in [0.717, 1.165) is 6.07 Å². The fraction of sp³-hybridized carbons (Fsp3) is 0.385. The van der Waals surface area contributed by atoms with Crippen molar-refractivity contribution in [1.29, 1.82) is 0 Å². The summed E-state index contributed by atoms with van der Waals surface area (Å²) in [5.41, 5.74) is -0.0126. The highest BCUT2D eigenvalue weighted by atomic mass is 19.4. The Morgan fingerprint density at radius 1 is 1.33 bits per heavy atom. The average molecular weight is 257 g/mol. The number of fused-ring (bicyclic) bond motifs is 1. The summed E-state index contributed by atoms with van der Waals surface area (Å²) in [5.74, 6) is 0. The van der Waals surface area contributed by atoms with E-state index in [-0.39, 0.29) is 5.52 Å². The van der Waals surface area contributed by atoms with Crippen molar-refractivity contribution in [3.05, 3.63) is 35.5 Å². The first kappa shape index (κ1) is 13.0. The van der Waals surface area contributed by atoms with Gasteiger partial charge in [-0.15, -0.1) is 0 Å². The van der Waals surface area contributed by atoms with Crippen molar-refractivity contribution in [1.82, 2.24) is 4.57 Å². The number of aliphatic hydroxyl groups is 1. The fourth-order valence-corrected chi connectivity index (χ4v) is 2.26. The van der Waals surface area contributed by atoms with Gasteiger partial charge in [-0.05, 0) is 26.0 Å². The van der Waals surface area contributed by atoms with Gasteiger partial charge in [0.25, 0.3) is 0 Å². The molecule has 0 radical (unpaired) electrons. The lowest BCUT2D eigenvalue weighted by Crippen LogP contribution is -2.10. The maximum atomic E-state index is 13.0. The molecule has 2 aromatic rings. The van der Waals surface area contributed by atoms with Crippen LogP contribution in [0.15, 0.2) is 24.3 Å². The molecule has 0 aliphatic rings. The Kier molecular flexibility index (Phi) is 3.11. The Bertz CT molecular complexity index is 569. The summed E-state index contributed by atoms with van der Waals surface area (Å²) in [4.78, 5) is 0. The minimum atomic E-state index is -4.39. The van der Waals surface area contributed by atoms with Crippen molar-refractivity contribution < 1.29 is 18.3 Å². The first-order valence-electron chi connectivity index (χ1n) is 5.73. The van der Waals surface area contributed by atoms with E-state index in [1.165, 1.54) is 10.6 Å². The van der Waals surface area contributed by atoms with Crippen molar-refractivity contribution in [2.75, 3.05) is 0 Å². The van der Waals surface area contributed by atoms with Crippen molar-refractivity contribution in [3.8, 4) is 0 Å². The van der Waals surface area contributed by atoms with E-state index in [4.69, 9.17) is 0 Å². The van der Waals surface area contributed by atoms with Crippen LogP contribution >= 0.6 is 0 Å². The van der Waals surface area contributed by atoms with Crippen molar-refractivity contribution in [2.24, 2.45) is 0 Å². The van der Waals surface area contributed by atoms with E-state index in [2.05, 4.69) is 0 Å². The number of hydrogen-bond acceptors (Lipinski definition) is 1. The molecule has 2 nitrogen and oxygen atoms in total. The van der Waals surface area contributed by atoms with Crippen molar-refractivity contribution >= 4 is 10.9 Å². The quantitative estimate of drug-likeness (QED) is 0.871. The number of hydrogen-bond donors (Lipinski definition) is 1. The van der Waals surface area contributed by atoms with Crippen LogP contribution in [0.3, 0.4) is 0 Å². The Hall–Kier alpha value is -1.49. The zero-order chi connectivity index (χ0) is 13.5. The van der Waals surface area contributed by atoms with Gasteiger partial charge >= 0.3 is 6.18 Å². The van der Waals surface area contributed by atoms with Crippen LogP contribution in [0.2, 0.25) is 0 Å². The number of aromatic nitrogens is 1. The molecule has 1 N–H and O–H groups in total.